The molecule has 0 radical (unpaired) electrons. The molecule has 4 heterocycles. The number of anilines is 1. The molecule has 2 aromatic carbocycles. The minimum Gasteiger partial charge on any atom is -0.475 e. The van der Waals surface area contributed by atoms with Crippen LogP contribution in [0.25, 0.3) is 11.3 Å². The van der Waals surface area contributed by atoms with Crippen LogP contribution >= 0.6 is 0 Å². The van der Waals surface area contributed by atoms with E-state index in [0.717, 1.165) is 29.5 Å². The zero-order valence-corrected chi connectivity index (χ0v) is 29.0. The topological polar surface area (TPSA) is 148 Å². The molecular weight excluding hydrogens is 643 g/mol. The largest absolute Gasteiger partial charge is 0.475 e. The lowest BCUT2D eigenvalue weighted by Crippen LogP contribution is -2.44. The Bertz CT molecular complexity index is 2080. The third-order valence-corrected chi connectivity index (χ3v) is 11.0. The number of ether oxygens (including phenoxy) is 1. The van der Waals surface area contributed by atoms with Crippen molar-refractivity contribution in [3.05, 3.63) is 88.5 Å². The van der Waals surface area contributed by atoms with Gasteiger partial charge in [-0.3, -0.25) is 14.6 Å². The first-order valence-corrected chi connectivity index (χ1v) is 18.0. The van der Waals surface area contributed by atoms with Gasteiger partial charge in [0.2, 0.25) is 11.8 Å². The van der Waals surface area contributed by atoms with Gasteiger partial charge in [-0.2, -0.15) is 4.98 Å². The summed E-state index contributed by atoms with van der Waals surface area (Å²) in [6, 6.07) is 13.1. The number of amides is 2. The molecule has 12 nitrogen and oxygen atoms in total. The zero-order valence-electron chi connectivity index (χ0n) is 28.2. The van der Waals surface area contributed by atoms with E-state index in [1.165, 1.54) is 12.1 Å². The SMILES string of the molecule is Cc1cccc(C)c1-c1cc2nc(n1)NS(=O)(=O)c1cccc(c1)C(=O)N(Cc1cnc3c(n1)C(=O)N(C(C)C)C3)[C@H](CC1(C)CC1)CO2. The highest BCUT2D eigenvalue weighted by atomic mass is 32.2. The van der Waals surface area contributed by atoms with Gasteiger partial charge >= 0.3 is 0 Å². The van der Waals surface area contributed by atoms with Gasteiger partial charge in [0.1, 0.15) is 6.61 Å². The monoisotopic (exact) mass is 681 g/mol. The molecule has 1 N–H and O–H groups in total. The van der Waals surface area contributed by atoms with Crippen LogP contribution < -0.4 is 9.46 Å². The van der Waals surface area contributed by atoms with Crippen LogP contribution in [0, 0.1) is 19.3 Å². The molecule has 2 amide bonds. The van der Waals surface area contributed by atoms with Gasteiger partial charge in [-0.25, -0.2) is 23.1 Å². The number of aryl methyl sites for hydroxylation is 2. The number of nitrogens with zero attached hydrogens (tertiary/aromatic N) is 6. The fraction of sp³-hybridized carbons (Fsp3) is 0.389. The van der Waals surface area contributed by atoms with Gasteiger partial charge in [-0.05, 0) is 81.7 Å². The summed E-state index contributed by atoms with van der Waals surface area (Å²) in [5, 5.41) is 0. The number of nitrogens with one attached hydrogen (secondary N) is 1. The minimum absolute atomic E-state index is 0.00482. The molecule has 4 bridgehead atoms. The van der Waals surface area contributed by atoms with Gasteiger partial charge in [0.15, 0.2) is 5.69 Å². The predicted octanol–water partition coefficient (Wildman–Crippen LogP) is 5.31. The maximum atomic E-state index is 14.5. The number of hydrogen-bond acceptors (Lipinski definition) is 9. The maximum absolute atomic E-state index is 14.5. The zero-order chi connectivity index (χ0) is 34.7. The van der Waals surface area contributed by atoms with Crippen molar-refractivity contribution in [3.63, 3.8) is 0 Å². The highest BCUT2D eigenvalue weighted by Crippen LogP contribution is 2.49. The van der Waals surface area contributed by atoms with Crippen molar-refractivity contribution in [3.8, 4) is 17.1 Å². The molecule has 2 aromatic heterocycles. The van der Waals surface area contributed by atoms with Crippen LogP contribution in [0.15, 0.2) is 59.6 Å². The van der Waals surface area contributed by atoms with Crippen molar-refractivity contribution < 1.29 is 22.7 Å². The van der Waals surface area contributed by atoms with E-state index < -0.39 is 16.1 Å². The molecule has 7 rings (SSSR count). The minimum atomic E-state index is -4.20. The molecule has 2 aliphatic heterocycles. The fourth-order valence-electron chi connectivity index (χ4n) is 6.60. The normalized spacial score (nSPS) is 19.3. The van der Waals surface area contributed by atoms with Crippen LogP contribution in [0.1, 0.15) is 83.4 Å². The first-order chi connectivity index (χ1) is 23.3. The van der Waals surface area contributed by atoms with Crippen molar-refractivity contribution in [2.45, 2.75) is 83.9 Å². The Balaban J connectivity index is 1.33. The molecular formula is C36H39N7O5S. The lowest BCUT2D eigenvalue weighted by atomic mass is 9.97. The standard InChI is InChI=1S/C36H39N7O5S/c1-21(2)42-19-29-32(34(42)45)38-25(17-37-29)18-43-26(16-36(5)12-13-36)20-48-30-15-28(31-22(3)8-6-9-23(31)4)39-35(40-30)41-49(46,47)27-11-7-10-24(14-27)33(43)44/h6-11,14-15,17,21,26H,12-13,16,18-20H2,1-5H3,(H,39,40,41)/t26-/m1/s1. The number of hydrogen-bond donors (Lipinski definition) is 1. The number of rotatable bonds is 6. The molecule has 0 spiro atoms. The number of aromatic nitrogens is 4. The molecule has 0 saturated heterocycles. The van der Waals surface area contributed by atoms with Gasteiger partial charge < -0.3 is 14.5 Å². The van der Waals surface area contributed by atoms with Gasteiger partial charge in [-0.1, -0.05) is 31.2 Å². The first kappa shape index (κ1) is 32.6. The van der Waals surface area contributed by atoms with Crippen molar-refractivity contribution in [2.24, 2.45) is 5.41 Å². The van der Waals surface area contributed by atoms with E-state index in [4.69, 9.17) is 9.72 Å². The van der Waals surface area contributed by atoms with Gasteiger partial charge in [-0.15, -0.1) is 0 Å². The number of carbonyl (C=O) groups excluding carboxylic acids is 2. The Hall–Kier alpha value is -4.91. The summed E-state index contributed by atoms with van der Waals surface area (Å²) >= 11 is 0. The molecule has 1 fully saturated rings. The van der Waals surface area contributed by atoms with Crippen molar-refractivity contribution in [2.75, 3.05) is 11.3 Å². The molecule has 49 heavy (non-hydrogen) atoms. The Labute approximate surface area is 286 Å². The second kappa shape index (κ2) is 12.2. The summed E-state index contributed by atoms with van der Waals surface area (Å²) in [5.74, 6) is -0.542. The Morgan fingerprint density at radius 3 is 2.45 bits per heavy atom. The molecule has 3 aliphatic rings. The third kappa shape index (κ3) is 6.46. The Morgan fingerprint density at radius 2 is 1.73 bits per heavy atom. The van der Waals surface area contributed by atoms with Crippen LogP contribution in [-0.2, 0) is 23.1 Å². The lowest BCUT2D eigenvalue weighted by molar-refractivity contribution is 0.0537. The Kier molecular flexibility index (Phi) is 8.13. The van der Waals surface area contributed by atoms with E-state index in [1.807, 2.05) is 45.9 Å². The molecule has 4 aromatic rings. The van der Waals surface area contributed by atoms with E-state index in [9.17, 15) is 18.0 Å². The number of sulfonamides is 1. The number of benzene rings is 2. The summed E-state index contributed by atoms with van der Waals surface area (Å²) in [7, 11) is -4.20. The average molecular weight is 682 g/mol. The number of carbonyl (C=O) groups is 2. The van der Waals surface area contributed by atoms with Gasteiger partial charge in [0, 0.05) is 23.2 Å². The summed E-state index contributed by atoms with van der Waals surface area (Å²) in [6.45, 7) is 10.5. The van der Waals surface area contributed by atoms with E-state index in [1.54, 1.807) is 34.2 Å². The molecule has 0 unspecified atom stereocenters. The van der Waals surface area contributed by atoms with Gasteiger partial charge in [0.05, 0.1) is 47.3 Å². The molecule has 1 atom stereocenters. The second-order valence-electron chi connectivity index (χ2n) is 13.9. The van der Waals surface area contributed by atoms with Crippen molar-refractivity contribution in [1.82, 2.24) is 29.7 Å². The molecule has 13 heteroatoms. The second-order valence-corrected chi connectivity index (χ2v) is 15.6. The van der Waals surface area contributed by atoms with Crippen LogP contribution in [0.3, 0.4) is 0 Å². The summed E-state index contributed by atoms with van der Waals surface area (Å²) in [6.07, 6.45) is 4.26. The van der Waals surface area contributed by atoms with Crippen molar-refractivity contribution >= 4 is 27.8 Å². The van der Waals surface area contributed by atoms with E-state index >= 15 is 0 Å². The number of fused-ring (bicyclic) bond motifs is 5. The van der Waals surface area contributed by atoms with E-state index in [2.05, 4.69) is 26.6 Å². The summed E-state index contributed by atoms with van der Waals surface area (Å²) in [5.41, 5.74) is 4.82. The molecule has 1 aliphatic carbocycles. The van der Waals surface area contributed by atoms with Crippen molar-refractivity contribution in [1.29, 1.82) is 0 Å². The van der Waals surface area contributed by atoms with Crippen LogP contribution in [-0.4, -0.2) is 68.7 Å². The third-order valence-electron chi connectivity index (χ3n) is 9.65. The highest BCUT2D eigenvalue weighted by molar-refractivity contribution is 7.92. The Morgan fingerprint density at radius 1 is 1.00 bits per heavy atom. The van der Waals surface area contributed by atoms with Crippen LogP contribution in [0.2, 0.25) is 0 Å². The lowest BCUT2D eigenvalue weighted by Gasteiger charge is -2.33. The smallest absolute Gasteiger partial charge is 0.275 e. The van der Waals surface area contributed by atoms with E-state index in [0.29, 0.717) is 30.0 Å². The maximum Gasteiger partial charge on any atom is 0.275 e. The van der Waals surface area contributed by atoms with Gasteiger partial charge in [0.25, 0.3) is 21.8 Å². The van der Waals surface area contributed by atoms with E-state index in [-0.39, 0.29) is 64.4 Å². The quantitative estimate of drug-likeness (QED) is 0.286. The van der Waals surface area contributed by atoms with Crippen LogP contribution in [0.4, 0.5) is 5.95 Å². The highest BCUT2D eigenvalue weighted by Gasteiger charge is 2.42. The average Bonchev–Trinajstić information content (AvgIpc) is 3.69. The van der Waals surface area contributed by atoms with Crippen LogP contribution in [0.5, 0.6) is 5.88 Å². The summed E-state index contributed by atoms with van der Waals surface area (Å²) < 4.78 is 36.3. The fourth-order valence-corrected chi connectivity index (χ4v) is 7.59. The predicted molar refractivity (Wildman–Crippen MR) is 182 cm³/mol. The molecule has 254 valence electrons. The summed E-state index contributed by atoms with van der Waals surface area (Å²) in [4.78, 5) is 49.3. The molecule has 1 saturated carbocycles. The first-order valence-electron chi connectivity index (χ1n) is 16.5.